The number of nitrogens with one attached hydrogen (secondary N) is 1. The van der Waals surface area contributed by atoms with E-state index in [4.69, 9.17) is 4.52 Å². The Morgan fingerprint density at radius 2 is 2.09 bits per heavy atom. The van der Waals surface area contributed by atoms with Crippen LogP contribution in [0.3, 0.4) is 0 Å². The molecular weight excluding hydrogens is 278 g/mol. The topological polar surface area (TPSA) is 68.8 Å². The summed E-state index contributed by atoms with van der Waals surface area (Å²) < 4.78 is 7.14. The molecule has 0 fully saturated rings. The summed E-state index contributed by atoms with van der Waals surface area (Å²) in [5.74, 6) is 1.32. The average Bonchev–Trinajstić information content (AvgIpc) is 3.17. The van der Waals surface area contributed by atoms with Crippen molar-refractivity contribution in [2.75, 3.05) is 5.32 Å². The predicted molar refractivity (Wildman–Crippen MR) is 83.5 cm³/mol. The minimum atomic E-state index is -0.0535. The Morgan fingerprint density at radius 3 is 2.82 bits per heavy atom. The van der Waals surface area contributed by atoms with Crippen molar-refractivity contribution in [2.24, 2.45) is 0 Å². The van der Waals surface area contributed by atoms with Gasteiger partial charge in [-0.05, 0) is 12.5 Å². The molecule has 3 rings (SSSR count). The summed E-state index contributed by atoms with van der Waals surface area (Å²) in [7, 11) is 0. The van der Waals surface area contributed by atoms with Gasteiger partial charge in [-0.25, -0.2) is 0 Å². The number of aromatic nitrogens is 4. The highest BCUT2D eigenvalue weighted by Gasteiger charge is 2.14. The summed E-state index contributed by atoms with van der Waals surface area (Å²) in [5.41, 5.74) is 2.15. The Morgan fingerprint density at radius 1 is 1.27 bits per heavy atom. The number of rotatable bonds is 6. The highest BCUT2D eigenvalue weighted by molar-refractivity contribution is 5.40. The lowest BCUT2D eigenvalue weighted by Gasteiger charge is -2.08. The highest BCUT2D eigenvalue weighted by atomic mass is 16.5. The molecular formula is C16H19N5O. The van der Waals surface area contributed by atoms with E-state index < -0.39 is 0 Å². The van der Waals surface area contributed by atoms with Crippen molar-refractivity contribution in [1.29, 1.82) is 0 Å². The zero-order valence-corrected chi connectivity index (χ0v) is 12.7. The summed E-state index contributed by atoms with van der Waals surface area (Å²) in [6.07, 6.45) is 4.54. The normalized spacial score (nSPS) is 12.3. The van der Waals surface area contributed by atoms with E-state index in [0.29, 0.717) is 5.89 Å². The highest BCUT2D eigenvalue weighted by Crippen LogP contribution is 2.17. The van der Waals surface area contributed by atoms with Crippen LogP contribution in [-0.4, -0.2) is 19.9 Å². The zero-order chi connectivity index (χ0) is 15.4. The van der Waals surface area contributed by atoms with E-state index in [-0.39, 0.29) is 6.04 Å². The van der Waals surface area contributed by atoms with Crippen LogP contribution in [0.5, 0.6) is 0 Å². The second kappa shape index (κ2) is 6.43. The molecule has 0 radical (unpaired) electrons. The third-order valence-electron chi connectivity index (χ3n) is 3.37. The first-order chi connectivity index (χ1) is 10.7. The van der Waals surface area contributed by atoms with Gasteiger partial charge in [0.25, 0.3) is 0 Å². The van der Waals surface area contributed by atoms with Gasteiger partial charge in [0.05, 0.1) is 18.4 Å². The Labute approximate surface area is 129 Å². The molecule has 22 heavy (non-hydrogen) atoms. The molecule has 6 nitrogen and oxygen atoms in total. The molecule has 0 amide bonds. The Hall–Kier alpha value is -2.63. The van der Waals surface area contributed by atoms with E-state index in [1.54, 1.807) is 6.20 Å². The second-order valence-corrected chi connectivity index (χ2v) is 5.18. The van der Waals surface area contributed by atoms with Crippen LogP contribution >= 0.6 is 0 Å². The van der Waals surface area contributed by atoms with Gasteiger partial charge in [-0.15, -0.1) is 0 Å². The Balaban J connectivity index is 1.63. The summed E-state index contributed by atoms with van der Waals surface area (Å²) in [4.78, 5) is 4.33. The molecule has 1 N–H and O–H groups in total. The first-order valence-electron chi connectivity index (χ1n) is 7.40. The fraction of sp³-hybridized carbons (Fsp3) is 0.312. The molecule has 1 atom stereocenters. The lowest BCUT2D eigenvalue weighted by Crippen LogP contribution is -2.06. The molecule has 0 aliphatic carbocycles. The van der Waals surface area contributed by atoms with Crippen LogP contribution in [0.1, 0.15) is 37.2 Å². The standard InChI is InChI=1S/C16H19N5O/c1-3-15-19-16(22-20-15)12(2)18-14-9-17-21(11-14)10-13-7-5-4-6-8-13/h4-9,11-12,18H,3,10H2,1-2H3. The van der Waals surface area contributed by atoms with E-state index >= 15 is 0 Å². The van der Waals surface area contributed by atoms with E-state index in [2.05, 4.69) is 32.7 Å². The fourth-order valence-corrected chi connectivity index (χ4v) is 2.19. The molecule has 0 spiro atoms. The number of hydrogen-bond acceptors (Lipinski definition) is 5. The third-order valence-corrected chi connectivity index (χ3v) is 3.37. The number of benzene rings is 1. The van der Waals surface area contributed by atoms with Gasteiger partial charge in [-0.3, -0.25) is 4.68 Å². The maximum atomic E-state index is 5.24. The quantitative estimate of drug-likeness (QED) is 0.757. The number of aryl methyl sites for hydroxylation is 1. The van der Waals surface area contributed by atoms with E-state index in [9.17, 15) is 0 Å². The molecule has 0 aliphatic rings. The molecule has 2 aromatic heterocycles. The van der Waals surface area contributed by atoms with Gasteiger partial charge in [0.15, 0.2) is 5.82 Å². The average molecular weight is 297 g/mol. The van der Waals surface area contributed by atoms with E-state index in [1.807, 2.05) is 42.9 Å². The van der Waals surface area contributed by atoms with Crippen LogP contribution in [-0.2, 0) is 13.0 Å². The summed E-state index contributed by atoms with van der Waals surface area (Å²) >= 11 is 0. The number of anilines is 1. The van der Waals surface area contributed by atoms with Gasteiger partial charge < -0.3 is 9.84 Å². The Kier molecular flexibility index (Phi) is 4.18. The van der Waals surface area contributed by atoms with Crippen LogP contribution in [0.2, 0.25) is 0 Å². The Bertz CT molecular complexity index is 719. The van der Waals surface area contributed by atoms with E-state index in [1.165, 1.54) is 5.56 Å². The molecule has 1 unspecified atom stereocenters. The predicted octanol–water partition coefficient (Wildman–Crippen LogP) is 3.05. The third kappa shape index (κ3) is 3.33. The molecule has 0 bridgehead atoms. The fourth-order valence-electron chi connectivity index (χ4n) is 2.19. The maximum Gasteiger partial charge on any atom is 0.248 e. The number of hydrogen-bond donors (Lipinski definition) is 1. The van der Waals surface area contributed by atoms with Crippen molar-refractivity contribution < 1.29 is 4.52 Å². The molecule has 114 valence electrons. The van der Waals surface area contributed by atoms with Crippen molar-refractivity contribution in [3.05, 3.63) is 60.0 Å². The first-order valence-corrected chi connectivity index (χ1v) is 7.40. The molecule has 0 aliphatic heterocycles. The molecule has 1 aromatic carbocycles. The van der Waals surface area contributed by atoms with Crippen molar-refractivity contribution in [1.82, 2.24) is 19.9 Å². The monoisotopic (exact) mass is 297 g/mol. The van der Waals surface area contributed by atoms with Crippen molar-refractivity contribution in [3.63, 3.8) is 0 Å². The largest absolute Gasteiger partial charge is 0.371 e. The second-order valence-electron chi connectivity index (χ2n) is 5.18. The van der Waals surface area contributed by atoms with Crippen molar-refractivity contribution in [2.45, 2.75) is 32.9 Å². The van der Waals surface area contributed by atoms with Crippen molar-refractivity contribution in [3.8, 4) is 0 Å². The first kappa shape index (κ1) is 14.3. The van der Waals surface area contributed by atoms with Gasteiger partial charge in [-0.2, -0.15) is 10.1 Å². The SMILES string of the molecule is CCc1noc(C(C)Nc2cnn(Cc3ccccc3)c2)n1. The van der Waals surface area contributed by atoms with E-state index in [0.717, 1.165) is 24.5 Å². The van der Waals surface area contributed by atoms with Crippen molar-refractivity contribution >= 4 is 5.69 Å². The van der Waals surface area contributed by atoms with Gasteiger partial charge >= 0.3 is 0 Å². The molecule has 0 saturated carbocycles. The smallest absolute Gasteiger partial charge is 0.248 e. The number of nitrogens with zero attached hydrogens (tertiary/aromatic N) is 4. The minimum absolute atomic E-state index is 0.0535. The molecule has 6 heteroatoms. The zero-order valence-electron chi connectivity index (χ0n) is 12.7. The van der Waals surface area contributed by atoms with Gasteiger partial charge in [0, 0.05) is 12.6 Å². The maximum absolute atomic E-state index is 5.24. The lowest BCUT2D eigenvalue weighted by atomic mass is 10.2. The van der Waals surface area contributed by atoms with Gasteiger partial charge in [-0.1, -0.05) is 42.4 Å². The van der Waals surface area contributed by atoms with Crippen LogP contribution in [0.15, 0.2) is 47.2 Å². The summed E-state index contributed by atoms with van der Waals surface area (Å²) in [6.45, 7) is 4.74. The minimum Gasteiger partial charge on any atom is -0.371 e. The van der Waals surface area contributed by atoms with Crippen LogP contribution in [0.25, 0.3) is 0 Å². The van der Waals surface area contributed by atoms with Crippen LogP contribution in [0.4, 0.5) is 5.69 Å². The van der Waals surface area contributed by atoms with Crippen LogP contribution in [0, 0.1) is 0 Å². The lowest BCUT2D eigenvalue weighted by molar-refractivity contribution is 0.363. The summed E-state index contributed by atoms with van der Waals surface area (Å²) in [6, 6.07) is 10.2. The summed E-state index contributed by atoms with van der Waals surface area (Å²) in [5, 5.41) is 11.6. The molecule has 0 saturated heterocycles. The van der Waals surface area contributed by atoms with Gasteiger partial charge in [0.2, 0.25) is 5.89 Å². The molecule has 2 heterocycles. The molecule has 3 aromatic rings. The van der Waals surface area contributed by atoms with Gasteiger partial charge in [0.1, 0.15) is 6.04 Å². The van der Waals surface area contributed by atoms with Crippen LogP contribution < -0.4 is 5.32 Å².